The van der Waals surface area contributed by atoms with Crippen LogP contribution in [0.3, 0.4) is 0 Å². The summed E-state index contributed by atoms with van der Waals surface area (Å²) in [7, 11) is -3.65. The van der Waals surface area contributed by atoms with Crippen LogP contribution < -0.4 is 10.0 Å². The number of nitrogens with zero attached hydrogens (tertiary/aromatic N) is 1. The first-order valence-electron chi connectivity index (χ1n) is 8.40. The minimum atomic E-state index is -3.65. The Balaban J connectivity index is 1.71. The summed E-state index contributed by atoms with van der Waals surface area (Å²) in [5.41, 5.74) is 0. The molecule has 2 aliphatic rings. The van der Waals surface area contributed by atoms with Gasteiger partial charge in [0.25, 0.3) is 0 Å². The van der Waals surface area contributed by atoms with E-state index in [9.17, 15) is 18.0 Å². The molecule has 1 heterocycles. The minimum Gasteiger partial charge on any atom is -0.346 e. The molecule has 0 atom stereocenters. The topological polar surface area (TPSA) is 95.6 Å². The molecule has 1 aliphatic heterocycles. The highest BCUT2D eigenvalue weighted by Crippen LogP contribution is 2.23. The zero-order valence-electron chi connectivity index (χ0n) is 13.7. The van der Waals surface area contributed by atoms with Gasteiger partial charge in [0, 0.05) is 19.1 Å². The van der Waals surface area contributed by atoms with Gasteiger partial charge in [0.1, 0.15) is 5.75 Å². The maximum absolute atomic E-state index is 12.0. The van der Waals surface area contributed by atoms with Crippen molar-refractivity contribution < 1.29 is 18.0 Å². The van der Waals surface area contributed by atoms with Crippen LogP contribution >= 0.6 is 0 Å². The molecule has 1 saturated heterocycles. The number of amides is 2. The van der Waals surface area contributed by atoms with Crippen molar-refractivity contribution in [3.63, 3.8) is 0 Å². The predicted molar refractivity (Wildman–Crippen MR) is 87.2 cm³/mol. The Morgan fingerprint density at radius 3 is 2.30 bits per heavy atom. The van der Waals surface area contributed by atoms with E-state index in [-0.39, 0.29) is 18.5 Å². The fourth-order valence-electron chi connectivity index (χ4n) is 3.15. The van der Waals surface area contributed by atoms with Crippen molar-refractivity contribution in [3.8, 4) is 0 Å². The van der Waals surface area contributed by atoms with Gasteiger partial charge in [-0.1, -0.05) is 6.92 Å². The number of carbonyl (C=O) groups excluding carboxylic acids is 2. The number of sulfonamides is 1. The van der Waals surface area contributed by atoms with Crippen molar-refractivity contribution in [2.75, 3.05) is 25.4 Å². The molecule has 0 aromatic carbocycles. The quantitative estimate of drug-likeness (QED) is 0.720. The van der Waals surface area contributed by atoms with Crippen molar-refractivity contribution in [3.05, 3.63) is 0 Å². The molecule has 7 nitrogen and oxygen atoms in total. The van der Waals surface area contributed by atoms with Crippen molar-refractivity contribution >= 4 is 21.8 Å². The van der Waals surface area contributed by atoms with Crippen molar-refractivity contribution in [2.24, 2.45) is 5.92 Å². The highest BCUT2D eigenvalue weighted by Gasteiger charge is 2.25. The van der Waals surface area contributed by atoms with Gasteiger partial charge in [-0.15, -0.1) is 0 Å². The van der Waals surface area contributed by atoms with Gasteiger partial charge in [0.15, 0.2) is 0 Å². The normalized spacial score (nSPS) is 25.3. The Morgan fingerprint density at radius 1 is 1.09 bits per heavy atom. The summed E-state index contributed by atoms with van der Waals surface area (Å²) in [5, 5.41) is 2.41. The third kappa shape index (κ3) is 6.10. The third-order valence-electron chi connectivity index (χ3n) is 4.58. The molecule has 2 rings (SSSR count). The molecule has 0 spiro atoms. The van der Waals surface area contributed by atoms with Gasteiger partial charge >= 0.3 is 0 Å². The summed E-state index contributed by atoms with van der Waals surface area (Å²) in [5.74, 6) is -0.765. The van der Waals surface area contributed by atoms with E-state index in [0.29, 0.717) is 19.0 Å². The molecule has 0 aromatic rings. The largest absolute Gasteiger partial charge is 0.346 e. The van der Waals surface area contributed by atoms with Gasteiger partial charge in [-0.2, -0.15) is 0 Å². The minimum absolute atomic E-state index is 0.0739. The molecule has 23 heavy (non-hydrogen) atoms. The van der Waals surface area contributed by atoms with E-state index in [2.05, 4.69) is 17.0 Å². The number of hydrogen-bond acceptors (Lipinski definition) is 4. The van der Waals surface area contributed by atoms with Gasteiger partial charge in [-0.3, -0.25) is 9.59 Å². The van der Waals surface area contributed by atoms with E-state index < -0.39 is 21.7 Å². The average Bonchev–Trinajstić information content (AvgIpc) is 3.01. The monoisotopic (exact) mass is 345 g/mol. The zero-order valence-corrected chi connectivity index (χ0v) is 14.5. The molecule has 0 unspecified atom stereocenters. The van der Waals surface area contributed by atoms with Crippen molar-refractivity contribution in [2.45, 2.75) is 51.5 Å². The van der Waals surface area contributed by atoms with E-state index in [4.69, 9.17) is 0 Å². The Morgan fingerprint density at radius 2 is 1.70 bits per heavy atom. The standard InChI is InChI=1S/C15H27N3O4S/c1-12-4-6-13(7-5-12)17-23(21,22)11-14(19)16-10-15(20)18-8-2-3-9-18/h12-13,17H,2-11H2,1H3,(H,16,19). The summed E-state index contributed by atoms with van der Waals surface area (Å²) in [6, 6.07) is -0.0739. The molecule has 2 N–H and O–H groups in total. The Labute approximate surface area is 138 Å². The third-order valence-corrected chi connectivity index (χ3v) is 5.91. The first-order chi connectivity index (χ1) is 10.9. The fraction of sp³-hybridized carbons (Fsp3) is 0.867. The predicted octanol–water partition coefficient (Wildman–Crippen LogP) is 0.223. The average molecular weight is 345 g/mol. The lowest BCUT2D eigenvalue weighted by molar-refractivity contribution is -0.131. The van der Waals surface area contributed by atoms with Gasteiger partial charge in [0.2, 0.25) is 21.8 Å². The molecule has 1 aliphatic carbocycles. The van der Waals surface area contributed by atoms with E-state index in [1.807, 2.05) is 0 Å². The Bertz CT molecular complexity index is 521. The summed E-state index contributed by atoms with van der Waals surface area (Å²) < 4.78 is 26.7. The van der Waals surface area contributed by atoms with Gasteiger partial charge < -0.3 is 10.2 Å². The van der Waals surface area contributed by atoms with E-state index >= 15 is 0 Å². The maximum Gasteiger partial charge on any atom is 0.241 e. The highest BCUT2D eigenvalue weighted by molar-refractivity contribution is 7.90. The fourth-order valence-corrected chi connectivity index (χ4v) is 4.42. The molecular weight excluding hydrogens is 318 g/mol. The van der Waals surface area contributed by atoms with E-state index in [0.717, 1.165) is 38.5 Å². The first kappa shape index (κ1) is 18.2. The second-order valence-corrected chi connectivity index (χ2v) is 8.45. The summed E-state index contributed by atoms with van der Waals surface area (Å²) in [6.07, 6.45) is 5.61. The second kappa shape index (κ2) is 8.10. The molecule has 0 radical (unpaired) electrons. The van der Waals surface area contributed by atoms with Crippen LogP contribution in [-0.4, -0.2) is 56.6 Å². The van der Waals surface area contributed by atoms with Crippen LogP contribution in [0.5, 0.6) is 0 Å². The van der Waals surface area contributed by atoms with Crippen LogP contribution in [0.15, 0.2) is 0 Å². The van der Waals surface area contributed by atoms with Crippen molar-refractivity contribution in [1.82, 2.24) is 14.9 Å². The molecule has 132 valence electrons. The van der Waals surface area contributed by atoms with Gasteiger partial charge in [0.05, 0.1) is 6.54 Å². The van der Waals surface area contributed by atoms with Gasteiger partial charge in [-0.25, -0.2) is 13.1 Å². The van der Waals surface area contributed by atoms with Crippen LogP contribution in [0, 0.1) is 5.92 Å². The summed E-state index contributed by atoms with van der Waals surface area (Å²) >= 11 is 0. The smallest absolute Gasteiger partial charge is 0.241 e. The Kier molecular flexibility index (Phi) is 6.41. The van der Waals surface area contributed by atoms with Crippen LogP contribution in [0.1, 0.15) is 45.4 Å². The lowest BCUT2D eigenvalue weighted by atomic mass is 9.88. The Hall–Kier alpha value is -1.15. The second-order valence-electron chi connectivity index (χ2n) is 6.70. The molecular formula is C15H27N3O4S. The van der Waals surface area contributed by atoms with E-state index in [1.165, 1.54) is 0 Å². The van der Waals surface area contributed by atoms with Crippen LogP contribution in [0.25, 0.3) is 0 Å². The maximum atomic E-state index is 12.0. The summed E-state index contributed by atoms with van der Waals surface area (Å²) in [4.78, 5) is 25.3. The SMILES string of the molecule is CC1CCC(NS(=O)(=O)CC(=O)NCC(=O)N2CCCC2)CC1. The molecule has 2 fully saturated rings. The van der Waals surface area contributed by atoms with Crippen molar-refractivity contribution in [1.29, 1.82) is 0 Å². The van der Waals surface area contributed by atoms with Crippen LogP contribution in [0.4, 0.5) is 0 Å². The van der Waals surface area contributed by atoms with Crippen LogP contribution in [0.2, 0.25) is 0 Å². The lowest BCUT2D eigenvalue weighted by Crippen LogP contribution is -2.44. The first-order valence-corrected chi connectivity index (χ1v) is 10.1. The molecule has 1 saturated carbocycles. The molecule has 0 aromatic heterocycles. The highest BCUT2D eigenvalue weighted by atomic mass is 32.2. The number of rotatable bonds is 6. The van der Waals surface area contributed by atoms with Gasteiger partial charge in [-0.05, 0) is 44.4 Å². The number of hydrogen-bond donors (Lipinski definition) is 2. The summed E-state index contributed by atoms with van der Waals surface area (Å²) in [6.45, 7) is 3.47. The number of carbonyl (C=O) groups is 2. The molecule has 0 bridgehead atoms. The van der Waals surface area contributed by atoms with Crippen LogP contribution in [-0.2, 0) is 19.6 Å². The number of likely N-dealkylation sites (tertiary alicyclic amines) is 1. The lowest BCUT2D eigenvalue weighted by Gasteiger charge is -2.26. The molecule has 8 heteroatoms. The molecule has 2 amide bonds. The van der Waals surface area contributed by atoms with E-state index in [1.54, 1.807) is 4.90 Å². The number of nitrogens with one attached hydrogen (secondary N) is 2. The zero-order chi connectivity index (χ0) is 16.9.